The van der Waals surface area contributed by atoms with Crippen LogP contribution in [0.25, 0.3) is 0 Å². The predicted octanol–water partition coefficient (Wildman–Crippen LogP) is 2.02. The summed E-state index contributed by atoms with van der Waals surface area (Å²) in [5, 5.41) is 0. The molecule has 1 rings (SSSR count). The summed E-state index contributed by atoms with van der Waals surface area (Å²) in [5.74, 6) is 0.899. The van der Waals surface area contributed by atoms with E-state index in [0.29, 0.717) is 0 Å². The molecule has 11 heavy (non-hydrogen) atoms. The van der Waals surface area contributed by atoms with Crippen molar-refractivity contribution in [3.8, 4) is 5.75 Å². The first kappa shape index (κ1) is 8.05. The van der Waals surface area contributed by atoms with Crippen LogP contribution in [0.3, 0.4) is 0 Å². The van der Waals surface area contributed by atoms with E-state index in [0.717, 1.165) is 22.7 Å². The fraction of sp³-hybridized carbons (Fsp3) is 0.444. The first-order valence-electron chi connectivity index (χ1n) is 3.64. The van der Waals surface area contributed by atoms with E-state index in [1.54, 1.807) is 7.11 Å². The Hall–Kier alpha value is -1.05. The molecule has 0 N–H and O–H groups in total. The van der Waals surface area contributed by atoms with Gasteiger partial charge in [0.05, 0.1) is 12.8 Å². The molecule has 2 heteroatoms. The molecule has 0 fully saturated rings. The number of methoxy groups -OCH3 is 1. The maximum atomic E-state index is 5.17. The van der Waals surface area contributed by atoms with Gasteiger partial charge in [-0.25, -0.2) is 0 Å². The van der Waals surface area contributed by atoms with Crippen molar-refractivity contribution in [2.45, 2.75) is 20.8 Å². The van der Waals surface area contributed by atoms with Gasteiger partial charge in [-0.2, -0.15) is 0 Å². The van der Waals surface area contributed by atoms with Crippen LogP contribution in [0.1, 0.15) is 17.0 Å². The van der Waals surface area contributed by atoms with Crippen LogP contribution in [0.5, 0.6) is 5.75 Å². The third kappa shape index (κ3) is 1.50. The highest BCUT2D eigenvalue weighted by Crippen LogP contribution is 2.20. The SMILES string of the molecule is COc1c(C)cc(C)nc1C. The number of aryl methyl sites for hydroxylation is 3. The first-order valence-corrected chi connectivity index (χ1v) is 3.64. The minimum absolute atomic E-state index is 0.899. The average Bonchev–Trinajstić information content (AvgIpc) is 1.85. The van der Waals surface area contributed by atoms with Crippen LogP contribution in [0.4, 0.5) is 0 Å². The van der Waals surface area contributed by atoms with Gasteiger partial charge in [0.25, 0.3) is 0 Å². The van der Waals surface area contributed by atoms with Crippen molar-refractivity contribution in [3.05, 3.63) is 23.0 Å². The highest BCUT2D eigenvalue weighted by atomic mass is 16.5. The zero-order valence-electron chi connectivity index (χ0n) is 7.43. The Morgan fingerprint density at radius 1 is 1.27 bits per heavy atom. The summed E-state index contributed by atoms with van der Waals surface area (Å²) in [4.78, 5) is 4.28. The molecule has 0 saturated carbocycles. The van der Waals surface area contributed by atoms with Crippen LogP contribution < -0.4 is 4.74 Å². The summed E-state index contributed by atoms with van der Waals surface area (Å²) in [6.45, 7) is 5.97. The number of aromatic nitrogens is 1. The molecule has 0 saturated heterocycles. The Bertz CT molecular complexity index is 245. The largest absolute Gasteiger partial charge is 0.495 e. The Morgan fingerprint density at radius 3 is 2.36 bits per heavy atom. The zero-order chi connectivity index (χ0) is 8.43. The summed E-state index contributed by atoms with van der Waals surface area (Å²) in [7, 11) is 1.67. The van der Waals surface area contributed by atoms with E-state index >= 15 is 0 Å². The number of rotatable bonds is 1. The van der Waals surface area contributed by atoms with Gasteiger partial charge in [-0.3, -0.25) is 4.98 Å². The Labute approximate surface area is 67.2 Å². The van der Waals surface area contributed by atoms with Gasteiger partial charge in [0.1, 0.15) is 5.75 Å². The fourth-order valence-corrected chi connectivity index (χ4v) is 1.32. The van der Waals surface area contributed by atoms with Crippen molar-refractivity contribution in [2.75, 3.05) is 7.11 Å². The standard InChI is InChI=1S/C9H13NO/c1-6-5-7(2)10-8(3)9(6)11-4/h5H,1-4H3. The van der Waals surface area contributed by atoms with Gasteiger partial charge in [-0.05, 0) is 32.4 Å². The van der Waals surface area contributed by atoms with Crippen LogP contribution in [0.2, 0.25) is 0 Å². The number of hydrogen-bond donors (Lipinski definition) is 0. The molecule has 0 aromatic carbocycles. The molecule has 60 valence electrons. The van der Waals surface area contributed by atoms with E-state index < -0.39 is 0 Å². The summed E-state index contributed by atoms with van der Waals surface area (Å²) >= 11 is 0. The lowest BCUT2D eigenvalue weighted by molar-refractivity contribution is 0.405. The maximum Gasteiger partial charge on any atom is 0.142 e. The second-order valence-corrected chi connectivity index (χ2v) is 2.70. The number of hydrogen-bond acceptors (Lipinski definition) is 2. The molecule has 1 heterocycles. The smallest absolute Gasteiger partial charge is 0.142 e. The van der Waals surface area contributed by atoms with Crippen molar-refractivity contribution in [3.63, 3.8) is 0 Å². The number of ether oxygens (including phenoxy) is 1. The Balaban J connectivity index is 3.25. The average molecular weight is 151 g/mol. The van der Waals surface area contributed by atoms with Crippen molar-refractivity contribution >= 4 is 0 Å². The van der Waals surface area contributed by atoms with Gasteiger partial charge >= 0.3 is 0 Å². The summed E-state index contributed by atoms with van der Waals surface area (Å²) in [6, 6.07) is 2.02. The van der Waals surface area contributed by atoms with Crippen LogP contribution >= 0.6 is 0 Å². The van der Waals surface area contributed by atoms with Gasteiger partial charge in [-0.1, -0.05) is 0 Å². The number of pyridine rings is 1. The highest BCUT2D eigenvalue weighted by molar-refractivity contribution is 5.36. The molecule has 0 bridgehead atoms. The van der Waals surface area contributed by atoms with E-state index in [1.165, 1.54) is 0 Å². The molecule has 1 aromatic rings. The summed E-state index contributed by atoms with van der Waals surface area (Å²) in [6.07, 6.45) is 0. The molecule has 0 radical (unpaired) electrons. The van der Waals surface area contributed by atoms with Gasteiger partial charge in [-0.15, -0.1) is 0 Å². The minimum atomic E-state index is 0.899. The van der Waals surface area contributed by atoms with Gasteiger partial charge < -0.3 is 4.74 Å². The third-order valence-electron chi connectivity index (χ3n) is 1.66. The lowest BCUT2D eigenvalue weighted by Gasteiger charge is -2.07. The second-order valence-electron chi connectivity index (χ2n) is 2.70. The van der Waals surface area contributed by atoms with E-state index in [9.17, 15) is 0 Å². The lowest BCUT2D eigenvalue weighted by Crippen LogP contribution is -1.95. The van der Waals surface area contributed by atoms with Crippen LogP contribution in [0.15, 0.2) is 6.07 Å². The maximum absolute atomic E-state index is 5.17. The van der Waals surface area contributed by atoms with Crippen molar-refractivity contribution in [2.24, 2.45) is 0 Å². The summed E-state index contributed by atoms with van der Waals surface area (Å²) < 4.78 is 5.17. The first-order chi connectivity index (χ1) is 5.15. The van der Waals surface area contributed by atoms with Gasteiger partial charge in [0.2, 0.25) is 0 Å². The third-order valence-corrected chi connectivity index (χ3v) is 1.66. The molecular formula is C9H13NO. The van der Waals surface area contributed by atoms with Crippen molar-refractivity contribution < 1.29 is 4.74 Å². The Morgan fingerprint density at radius 2 is 1.91 bits per heavy atom. The van der Waals surface area contributed by atoms with E-state index in [-0.39, 0.29) is 0 Å². The van der Waals surface area contributed by atoms with Crippen LogP contribution in [-0.2, 0) is 0 Å². The number of nitrogens with zero attached hydrogens (tertiary/aromatic N) is 1. The molecule has 1 aromatic heterocycles. The molecule has 0 aliphatic carbocycles. The van der Waals surface area contributed by atoms with E-state index in [2.05, 4.69) is 4.98 Å². The Kier molecular flexibility index (Phi) is 2.13. The molecule has 0 unspecified atom stereocenters. The van der Waals surface area contributed by atoms with Crippen LogP contribution in [-0.4, -0.2) is 12.1 Å². The monoisotopic (exact) mass is 151 g/mol. The topological polar surface area (TPSA) is 22.1 Å². The second kappa shape index (κ2) is 2.91. The molecule has 0 atom stereocenters. The predicted molar refractivity (Wildman–Crippen MR) is 45.0 cm³/mol. The zero-order valence-corrected chi connectivity index (χ0v) is 7.43. The highest BCUT2D eigenvalue weighted by Gasteiger charge is 2.03. The van der Waals surface area contributed by atoms with E-state index in [1.807, 2.05) is 26.8 Å². The lowest BCUT2D eigenvalue weighted by atomic mass is 10.2. The van der Waals surface area contributed by atoms with Crippen molar-refractivity contribution in [1.82, 2.24) is 4.98 Å². The molecule has 0 aliphatic heterocycles. The molecule has 2 nitrogen and oxygen atoms in total. The van der Waals surface area contributed by atoms with Gasteiger partial charge in [0, 0.05) is 5.69 Å². The molecular weight excluding hydrogens is 138 g/mol. The molecule has 0 aliphatic rings. The molecule has 0 amide bonds. The minimum Gasteiger partial charge on any atom is -0.495 e. The van der Waals surface area contributed by atoms with Gasteiger partial charge in [0.15, 0.2) is 0 Å². The van der Waals surface area contributed by atoms with Crippen molar-refractivity contribution in [1.29, 1.82) is 0 Å². The summed E-state index contributed by atoms with van der Waals surface area (Å²) in [5.41, 5.74) is 3.16. The fourth-order valence-electron chi connectivity index (χ4n) is 1.32. The van der Waals surface area contributed by atoms with E-state index in [4.69, 9.17) is 4.74 Å². The quantitative estimate of drug-likeness (QED) is 0.612. The van der Waals surface area contributed by atoms with Crippen LogP contribution in [0, 0.1) is 20.8 Å². The normalized spacial score (nSPS) is 9.82. The molecule has 0 spiro atoms.